The standard InChI is InChI=1S/C9H20BNO2/c1-10(13)4-2-3-8-5-9(7-12)11-6-8/h8-9,11-13H,2-7H2,1H3. The maximum Gasteiger partial charge on any atom is 0.285 e. The number of hydrogen-bond donors (Lipinski definition) is 3. The van der Waals surface area contributed by atoms with Gasteiger partial charge in [0.2, 0.25) is 0 Å². The van der Waals surface area contributed by atoms with Crippen LogP contribution in [0.3, 0.4) is 0 Å². The first-order valence-electron chi connectivity index (χ1n) is 5.24. The number of aliphatic hydroxyl groups excluding tert-OH is 1. The summed E-state index contributed by atoms with van der Waals surface area (Å²) in [6.07, 6.45) is 4.27. The van der Waals surface area contributed by atoms with Crippen LogP contribution >= 0.6 is 0 Å². The van der Waals surface area contributed by atoms with Crippen molar-refractivity contribution in [2.45, 2.75) is 38.4 Å². The number of rotatable bonds is 5. The Bertz CT molecular complexity index is 144. The summed E-state index contributed by atoms with van der Waals surface area (Å²) in [5.74, 6) is 0.705. The van der Waals surface area contributed by atoms with Crippen LogP contribution in [0.1, 0.15) is 19.3 Å². The highest BCUT2D eigenvalue weighted by Gasteiger charge is 2.22. The summed E-state index contributed by atoms with van der Waals surface area (Å²) in [4.78, 5) is 0. The van der Waals surface area contributed by atoms with Crippen LogP contribution in [-0.4, -0.2) is 36.2 Å². The Morgan fingerprint density at radius 3 is 2.85 bits per heavy atom. The monoisotopic (exact) mass is 185 g/mol. The third-order valence-electron chi connectivity index (χ3n) is 2.77. The Labute approximate surface area is 80.6 Å². The summed E-state index contributed by atoms with van der Waals surface area (Å²) in [7, 11) is 0. The van der Waals surface area contributed by atoms with Crippen molar-refractivity contribution >= 4 is 6.92 Å². The molecule has 2 atom stereocenters. The molecule has 1 rings (SSSR count). The van der Waals surface area contributed by atoms with E-state index in [9.17, 15) is 0 Å². The van der Waals surface area contributed by atoms with Gasteiger partial charge in [-0.3, -0.25) is 0 Å². The summed E-state index contributed by atoms with van der Waals surface area (Å²) >= 11 is 0. The zero-order chi connectivity index (χ0) is 9.68. The van der Waals surface area contributed by atoms with Gasteiger partial charge in [-0.05, 0) is 31.6 Å². The van der Waals surface area contributed by atoms with Gasteiger partial charge in [-0.25, -0.2) is 0 Å². The summed E-state index contributed by atoms with van der Waals surface area (Å²) in [6, 6.07) is 0.316. The van der Waals surface area contributed by atoms with Gasteiger partial charge >= 0.3 is 0 Å². The molecule has 3 N–H and O–H groups in total. The summed E-state index contributed by atoms with van der Waals surface area (Å²) in [5.41, 5.74) is 0. The van der Waals surface area contributed by atoms with Crippen LogP contribution in [0, 0.1) is 5.92 Å². The molecule has 3 nitrogen and oxygen atoms in total. The number of nitrogens with one attached hydrogen (secondary N) is 1. The molecule has 13 heavy (non-hydrogen) atoms. The fourth-order valence-corrected chi connectivity index (χ4v) is 1.96. The van der Waals surface area contributed by atoms with Crippen LogP contribution in [0.2, 0.25) is 13.1 Å². The first-order chi connectivity index (χ1) is 6.22. The lowest BCUT2D eigenvalue weighted by atomic mass is 9.66. The van der Waals surface area contributed by atoms with E-state index in [0.29, 0.717) is 12.0 Å². The second-order valence-electron chi connectivity index (χ2n) is 4.17. The maximum atomic E-state index is 9.07. The highest BCUT2D eigenvalue weighted by atomic mass is 16.3. The fraction of sp³-hybridized carbons (Fsp3) is 1.00. The third-order valence-corrected chi connectivity index (χ3v) is 2.77. The molecule has 0 aromatic carbocycles. The van der Waals surface area contributed by atoms with Crippen LogP contribution in [0.4, 0.5) is 0 Å². The molecule has 0 aromatic rings. The first kappa shape index (κ1) is 11.0. The van der Waals surface area contributed by atoms with E-state index in [1.54, 1.807) is 0 Å². The zero-order valence-corrected chi connectivity index (χ0v) is 8.37. The van der Waals surface area contributed by atoms with Crippen molar-refractivity contribution in [2.75, 3.05) is 13.2 Å². The van der Waals surface area contributed by atoms with E-state index in [0.717, 1.165) is 25.7 Å². The number of aliphatic hydroxyl groups is 1. The first-order valence-corrected chi connectivity index (χ1v) is 5.24. The van der Waals surface area contributed by atoms with Crippen molar-refractivity contribution in [3.05, 3.63) is 0 Å². The molecule has 2 unspecified atom stereocenters. The zero-order valence-electron chi connectivity index (χ0n) is 8.37. The Balaban J connectivity index is 2.03. The third kappa shape index (κ3) is 4.11. The topological polar surface area (TPSA) is 52.5 Å². The summed E-state index contributed by atoms with van der Waals surface area (Å²) in [5, 5.41) is 21.2. The number of hydrogen-bond acceptors (Lipinski definition) is 3. The van der Waals surface area contributed by atoms with Crippen molar-refractivity contribution in [3.8, 4) is 0 Å². The highest BCUT2D eigenvalue weighted by molar-refractivity contribution is 6.48. The molecule has 0 aliphatic carbocycles. The molecule has 1 saturated heterocycles. The van der Waals surface area contributed by atoms with Crippen molar-refractivity contribution in [1.29, 1.82) is 0 Å². The minimum atomic E-state index is -0.164. The van der Waals surface area contributed by atoms with Gasteiger partial charge in [0.15, 0.2) is 0 Å². The van der Waals surface area contributed by atoms with Gasteiger partial charge in [0.25, 0.3) is 6.92 Å². The van der Waals surface area contributed by atoms with Crippen molar-refractivity contribution in [3.63, 3.8) is 0 Å². The van der Waals surface area contributed by atoms with Crippen molar-refractivity contribution in [2.24, 2.45) is 5.92 Å². The second kappa shape index (κ2) is 5.63. The van der Waals surface area contributed by atoms with E-state index in [1.165, 1.54) is 6.42 Å². The predicted molar refractivity (Wildman–Crippen MR) is 54.9 cm³/mol. The highest BCUT2D eigenvalue weighted by Crippen LogP contribution is 2.20. The predicted octanol–water partition coefficient (Wildman–Crippen LogP) is 0.351. The average Bonchev–Trinajstić information content (AvgIpc) is 2.52. The molecule has 0 bridgehead atoms. The minimum Gasteiger partial charge on any atom is -0.451 e. The molecule has 76 valence electrons. The van der Waals surface area contributed by atoms with Gasteiger partial charge in [-0.2, -0.15) is 0 Å². The molecular weight excluding hydrogens is 165 g/mol. The second-order valence-corrected chi connectivity index (χ2v) is 4.17. The summed E-state index contributed by atoms with van der Waals surface area (Å²) in [6.45, 7) is 2.96. The van der Waals surface area contributed by atoms with Crippen LogP contribution in [-0.2, 0) is 0 Å². The smallest absolute Gasteiger partial charge is 0.285 e. The molecule has 0 aromatic heterocycles. The fourth-order valence-electron chi connectivity index (χ4n) is 1.96. The van der Waals surface area contributed by atoms with E-state index in [4.69, 9.17) is 10.1 Å². The van der Waals surface area contributed by atoms with Crippen molar-refractivity contribution < 1.29 is 10.1 Å². The molecule has 4 heteroatoms. The molecule has 0 saturated carbocycles. The lowest BCUT2D eigenvalue weighted by Gasteiger charge is -2.08. The molecule has 1 fully saturated rings. The maximum absolute atomic E-state index is 9.07. The molecule has 0 amide bonds. The van der Waals surface area contributed by atoms with E-state index in [-0.39, 0.29) is 13.5 Å². The van der Waals surface area contributed by atoms with Crippen molar-refractivity contribution in [1.82, 2.24) is 5.32 Å². The van der Waals surface area contributed by atoms with Gasteiger partial charge in [-0.15, -0.1) is 0 Å². The molecule has 0 spiro atoms. The Morgan fingerprint density at radius 2 is 2.31 bits per heavy atom. The van der Waals surface area contributed by atoms with Gasteiger partial charge in [0, 0.05) is 6.04 Å². The molecular formula is C9H20BNO2. The molecule has 0 radical (unpaired) electrons. The minimum absolute atomic E-state index is 0.164. The van der Waals surface area contributed by atoms with E-state index >= 15 is 0 Å². The van der Waals surface area contributed by atoms with Gasteiger partial charge in [0.05, 0.1) is 6.61 Å². The Morgan fingerprint density at radius 1 is 1.54 bits per heavy atom. The van der Waals surface area contributed by atoms with E-state index in [2.05, 4.69) is 5.32 Å². The van der Waals surface area contributed by atoms with Gasteiger partial charge in [0.1, 0.15) is 0 Å². The van der Waals surface area contributed by atoms with Crippen LogP contribution in [0.25, 0.3) is 0 Å². The SMILES string of the molecule is CB(O)CCCC1CNC(CO)C1. The molecule has 1 aliphatic heterocycles. The van der Waals surface area contributed by atoms with E-state index < -0.39 is 0 Å². The average molecular weight is 185 g/mol. The van der Waals surface area contributed by atoms with Crippen LogP contribution in [0.15, 0.2) is 0 Å². The largest absolute Gasteiger partial charge is 0.451 e. The Hall–Kier alpha value is -0.0551. The lowest BCUT2D eigenvalue weighted by Crippen LogP contribution is -2.24. The van der Waals surface area contributed by atoms with Gasteiger partial charge in [-0.1, -0.05) is 13.2 Å². The molecule has 1 heterocycles. The van der Waals surface area contributed by atoms with Crippen LogP contribution < -0.4 is 5.32 Å². The van der Waals surface area contributed by atoms with Crippen LogP contribution in [0.5, 0.6) is 0 Å². The van der Waals surface area contributed by atoms with Gasteiger partial charge < -0.3 is 15.4 Å². The molecule has 1 aliphatic rings. The normalized spacial score (nSPS) is 27.9. The lowest BCUT2D eigenvalue weighted by molar-refractivity contribution is 0.252. The van der Waals surface area contributed by atoms with E-state index in [1.807, 2.05) is 6.82 Å². The summed E-state index contributed by atoms with van der Waals surface area (Å²) < 4.78 is 0. The Kier molecular flexibility index (Phi) is 4.77. The quantitative estimate of drug-likeness (QED) is 0.541.